The predicted octanol–water partition coefficient (Wildman–Crippen LogP) is 1.91. The summed E-state index contributed by atoms with van der Waals surface area (Å²) in [5.41, 5.74) is 2.01. The first kappa shape index (κ1) is 12.6. The summed E-state index contributed by atoms with van der Waals surface area (Å²) in [4.78, 5) is 22.6. The van der Waals surface area contributed by atoms with Crippen LogP contribution in [0.15, 0.2) is 18.2 Å². The highest BCUT2D eigenvalue weighted by Gasteiger charge is 2.23. The summed E-state index contributed by atoms with van der Waals surface area (Å²) in [6.45, 7) is 3.90. The molecule has 0 aliphatic carbocycles. The number of rotatable bonds is 2. The Labute approximate surface area is 106 Å². The third-order valence-corrected chi connectivity index (χ3v) is 3.13. The van der Waals surface area contributed by atoms with Gasteiger partial charge in [-0.15, -0.1) is 0 Å². The first-order chi connectivity index (χ1) is 8.59. The van der Waals surface area contributed by atoms with E-state index in [0.29, 0.717) is 6.61 Å². The van der Waals surface area contributed by atoms with Crippen LogP contribution in [0.4, 0.5) is 0 Å². The third kappa shape index (κ3) is 2.53. The summed E-state index contributed by atoms with van der Waals surface area (Å²) in [6, 6.07) is 5.72. The second-order valence-electron chi connectivity index (χ2n) is 4.57. The number of nitrogens with one attached hydrogen (secondary N) is 1. The molecule has 1 amide bonds. The van der Waals surface area contributed by atoms with Crippen molar-refractivity contribution in [1.82, 2.24) is 5.32 Å². The third-order valence-electron chi connectivity index (χ3n) is 3.13. The van der Waals surface area contributed by atoms with E-state index < -0.39 is 11.7 Å². The minimum atomic E-state index is -0.533. The summed E-state index contributed by atoms with van der Waals surface area (Å²) in [5.74, 6) is -0.160. The van der Waals surface area contributed by atoms with Crippen molar-refractivity contribution in [2.24, 2.45) is 0 Å². The SMILES string of the molecule is CC(=O)C(=O)NC1CCCOc2c(C)cccc21. The Morgan fingerprint density at radius 2 is 2.17 bits per heavy atom. The van der Waals surface area contributed by atoms with Crippen LogP contribution < -0.4 is 10.1 Å². The van der Waals surface area contributed by atoms with Crippen molar-refractivity contribution in [3.05, 3.63) is 29.3 Å². The number of hydrogen-bond acceptors (Lipinski definition) is 3. The molecule has 0 fully saturated rings. The summed E-state index contributed by atoms with van der Waals surface area (Å²) in [5, 5.41) is 2.77. The Hall–Kier alpha value is -1.84. The van der Waals surface area contributed by atoms with E-state index in [1.807, 2.05) is 25.1 Å². The molecular weight excluding hydrogens is 230 g/mol. The lowest BCUT2D eigenvalue weighted by molar-refractivity contribution is -0.137. The monoisotopic (exact) mass is 247 g/mol. The van der Waals surface area contributed by atoms with Crippen LogP contribution in [0.25, 0.3) is 0 Å². The van der Waals surface area contributed by atoms with Gasteiger partial charge in [0.1, 0.15) is 5.75 Å². The number of carbonyl (C=O) groups excluding carboxylic acids is 2. The number of carbonyl (C=O) groups is 2. The van der Waals surface area contributed by atoms with Gasteiger partial charge >= 0.3 is 0 Å². The molecule has 0 saturated carbocycles. The number of ether oxygens (including phenoxy) is 1. The number of amides is 1. The van der Waals surface area contributed by atoms with Crippen molar-refractivity contribution in [3.63, 3.8) is 0 Å². The number of para-hydroxylation sites is 1. The molecule has 1 aliphatic heterocycles. The molecule has 1 unspecified atom stereocenters. The van der Waals surface area contributed by atoms with Crippen molar-refractivity contribution >= 4 is 11.7 Å². The minimum Gasteiger partial charge on any atom is -0.493 e. The van der Waals surface area contributed by atoms with Crippen LogP contribution in [0.1, 0.15) is 36.9 Å². The summed E-state index contributed by atoms with van der Waals surface area (Å²) in [7, 11) is 0. The lowest BCUT2D eigenvalue weighted by Gasteiger charge is -2.18. The van der Waals surface area contributed by atoms with Crippen LogP contribution in [0.2, 0.25) is 0 Å². The number of fused-ring (bicyclic) bond motifs is 1. The van der Waals surface area contributed by atoms with E-state index in [1.165, 1.54) is 6.92 Å². The van der Waals surface area contributed by atoms with E-state index >= 15 is 0 Å². The Bertz CT molecular complexity index is 482. The van der Waals surface area contributed by atoms with Gasteiger partial charge in [0.25, 0.3) is 5.91 Å². The van der Waals surface area contributed by atoms with Gasteiger partial charge in [-0.1, -0.05) is 18.2 Å². The number of aryl methyl sites for hydroxylation is 1. The molecule has 1 heterocycles. The average molecular weight is 247 g/mol. The maximum Gasteiger partial charge on any atom is 0.287 e. The first-order valence-electron chi connectivity index (χ1n) is 6.13. The fourth-order valence-corrected chi connectivity index (χ4v) is 2.17. The Morgan fingerprint density at radius 1 is 1.39 bits per heavy atom. The van der Waals surface area contributed by atoms with E-state index in [0.717, 1.165) is 29.7 Å². The Balaban J connectivity index is 2.30. The molecule has 0 saturated heterocycles. The molecule has 0 spiro atoms. The van der Waals surface area contributed by atoms with E-state index in [-0.39, 0.29) is 6.04 Å². The predicted molar refractivity (Wildman–Crippen MR) is 67.5 cm³/mol. The van der Waals surface area contributed by atoms with Crippen LogP contribution in [0.5, 0.6) is 5.75 Å². The van der Waals surface area contributed by atoms with Crippen LogP contribution in [0.3, 0.4) is 0 Å². The molecule has 1 aromatic carbocycles. The lowest BCUT2D eigenvalue weighted by atomic mass is 9.99. The fraction of sp³-hybridized carbons (Fsp3) is 0.429. The van der Waals surface area contributed by atoms with Gasteiger partial charge in [-0.05, 0) is 25.3 Å². The van der Waals surface area contributed by atoms with Crippen molar-refractivity contribution in [2.75, 3.05) is 6.61 Å². The first-order valence-corrected chi connectivity index (χ1v) is 6.13. The number of hydrogen-bond donors (Lipinski definition) is 1. The van der Waals surface area contributed by atoms with Gasteiger partial charge in [0, 0.05) is 12.5 Å². The van der Waals surface area contributed by atoms with Gasteiger partial charge < -0.3 is 10.1 Å². The van der Waals surface area contributed by atoms with Gasteiger partial charge in [-0.2, -0.15) is 0 Å². The highest BCUT2D eigenvalue weighted by molar-refractivity contribution is 6.35. The van der Waals surface area contributed by atoms with Crippen molar-refractivity contribution < 1.29 is 14.3 Å². The van der Waals surface area contributed by atoms with Crippen molar-refractivity contribution in [1.29, 1.82) is 0 Å². The van der Waals surface area contributed by atoms with Crippen LogP contribution in [0, 0.1) is 6.92 Å². The molecule has 2 rings (SSSR count). The molecule has 96 valence electrons. The highest BCUT2D eigenvalue weighted by atomic mass is 16.5. The smallest absolute Gasteiger partial charge is 0.287 e. The zero-order valence-corrected chi connectivity index (χ0v) is 10.7. The molecule has 0 bridgehead atoms. The van der Waals surface area contributed by atoms with Gasteiger partial charge in [0.15, 0.2) is 0 Å². The van der Waals surface area contributed by atoms with E-state index in [9.17, 15) is 9.59 Å². The highest BCUT2D eigenvalue weighted by Crippen LogP contribution is 2.33. The van der Waals surface area contributed by atoms with Crippen molar-refractivity contribution in [2.45, 2.75) is 32.7 Å². The molecule has 4 nitrogen and oxygen atoms in total. The van der Waals surface area contributed by atoms with Gasteiger partial charge in [-0.25, -0.2) is 0 Å². The molecule has 1 aromatic rings. The number of ketones is 1. The maximum atomic E-state index is 11.5. The summed E-state index contributed by atoms with van der Waals surface area (Å²) < 4.78 is 5.72. The molecule has 1 atom stereocenters. The minimum absolute atomic E-state index is 0.140. The van der Waals surface area contributed by atoms with Gasteiger partial charge in [0.2, 0.25) is 5.78 Å². The zero-order chi connectivity index (χ0) is 13.1. The van der Waals surface area contributed by atoms with Crippen LogP contribution >= 0.6 is 0 Å². The van der Waals surface area contributed by atoms with Crippen molar-refractivity contribution in [3.8, 4) is 5.75 Å². The second-order valence-corrected chi connectivity index (χ2v) is 4.57. The van der Waals surface area contributed by atoms with Gasteiger partial charge in [-0.3, -0.25) is 9.59 Å². The van der Waals surface area contributed by atoms with E-state index in [1.54, 1.807) is 0 Å². The normalized spacial score (nSPS) is 18.2. The van der Waals surface area contributed by atoms with Crippen LogP contribution in [-0.4, -0.2) is 18.3 Å². The molecule has 1 aliphatic rings. The molecule has 0 radical (unpaired) electrons. The standard InChI is InChI=1S/C14H17NO3/c1-9-5-3-6-11-12(15-14(17)10(2)16)7-4-8-18-13(9)11/h3,5-6,12H,4,7-8H2,1-2H3,(H,15,17). The molecule has 0 aromatic heterocycles. The topological polar surface area (TPSA) is 55.4 Å². The lowest BCUT2D eigenvalue weighted by Crippen LogP contribution is -2.32. The zero-order valence-electron chi connectivity index (χ0n) is 10.7. The number of Topliss-reactive ketones (excluding diaryl/α,β-unsaturated/α-hetero) is 1. The molecule has 18 heavy (non-hydrogen) atoms. The Morgan fingerprint density at radius 3 is 2.89 bits per heavy atom. The molecular formula is C14H17NO3. The second kappa shape index (κ2) is 5.21. The molecule has 4 heteroatoms. The van der Waals surface area contributed by atoms with Gasteiger partial charge in [0.05, 0.1) is 12.6 Å². The largest absolute Gasteiger partial charge is 0.493 e. The fourth-order valence-electron chi connectivity index (χ4n) is 2.17. The van der Waals surface area contributed by atoms with Crippen LogP contribution in [-0.2, 0) is 9.59 Å². The Kier molecular flexibility index (Phi) is 3.65. The average Bonchev–Trinajstić information content (AvgIpc) is 2.53. The molecule has 1 N–H and O–H groups in total. The maximum absolute atomic E-state index is 11.5. The number of benzene rings is 1. The van der Waals surface area contributed by atoms with E-state index in [2.05, 4.69) is 5.32 Å². The summed E-state index contributed by atoms with van der Waals surface area (Å²) in [6.07, 6.45) is 1.65. The quantitative estimate of drug-likeness (QED) is 0.812. The summed E-state index contributed by atoms with van der Waals surface area (Å²) >= 11 is 0. The van der Waals surface area contributed by atoms with E-state index in [4.69, 9.17) is 4.74 Å².